The maximum absolute atomic E-state index is 11.3. The van der Waals surface area contributed by atoms with Crippen molar-refractivity contribution in [3.63, 3.8) is 0 Å². The molecule has 0 fully saturated rings. The van der Waals surface area contributed by atoms with E-state index in [4.69, 9.17) is 14.2 Å². The van der Waals surface area contributed by atoms with Crippen molar-refractivity contribution in [2.75, 3.05) is 32.3 Å². The Labute approximate surface area is 236 Å². The van der Waals surface area contributed by atoms with Crippen LogP contribution in [0.1, 0.15) is 36.5 Å². The summed E-state index contributed by atoms with van der Waals surface area (Å²) in [7, 11) is 3.45. The Hall–Kier alpha value is -4.45. The number of hydrogen-bond acceptors (Lipinski definition) is 5. The number of carboxylic acids is 1. The third-order valence-corrected chi connectivity index (χ3v) is 6.76. The van der Waals surface area contributed by atoms with E-state index >= 15 is 0 Å². The van der Waals surface area contributed by atoms with E-state index in [-0.39, 0.29) is 5.76 Å². The molecule has 0 atom stereocenters. The lowest BCUT2D eigenvalue weighted by Gasteiger charge is -2.21. The molecule has 4 rings (SSSR count). The van der Waals surface area contributed by atoms with Crippen molar-refractivity contribution in [1.82, 2.24) is 0 Å². The van der Waals surface area contributed by atoms with E-state index < -0.39 is 5.97 Å². The van der Waals surface area contributed by atoms with Gasteiger partial charge in [-0.2, -0.15) is 0 Å². The lowest BCUT2D eigenvalue weighted by Crippen LogP contribution is -2.16. The fourth-order valence-corrected chi connectivity index (χ4v) is 4.51. The van der Waals surface area contributed by atoms with Crippen LogP contribution in [0.3, 0.4) is 0 Å². The molecule has 0 aliphatic carbocycles. The maximum Gasteiger partial charge on any atom is 0.371 e. The molecule has 6 nitrogen and oxygen atoms in total. The third-order valence-electron chi connectivity index (χ3n) is 6.76. The normalized spacial score (nSPS) is 11.3. The lowest BCUT2D eigenvalue weighted by atomic mass is 10.0. The van der Waals surface area contributed by atoms with Gasteiger partial charge in [-0.3, -0.25) is 0 Å². The molecule has 1 N–H and O–H groups in total. The average Bonchev–Trinajstić information content (AvgIpc) is 2.97. The maximum atomic E-state index is 11.3. The van der Waals surface area contributed by atoms with Gasteiger partial charge in [-0.15, -0.1) is 0 Å². The Morgan fingerprint density at radius 2 is 1.65 bits per heavy atom. The number of anilines is 1. The van der Waals surface area contributed by atoms with Gasteiger partial charge in [0, 0.05) is 25.7 Å². The Morgan fingerprint density at radius 1 is 0.900 bits per heavy atom. The Bertz CT molecular complexity index is 1440. The van der Waals surface area contributed by atoms with Gasteiger partial charge < -0.3 is 24.2 Å². The first-order valence-electron chi connectivity index (χ1n) is 13.6. The first kappa shape index (κ1) is 28.6. The highest BCUT2D eigenvalue weighted by Gasteiger charge is 2.11. The number of aliphatic carboxylic acids is 1. The molecule has 6 heteroatoms. The third kappa shape index (κ3) is 7.56. The minimum absolute atomic E-state index is 0.139. The quantitative estimate of drug-likeness (QED) is 0.103. The molecule has 0 aromatic heterocycles. The van der Waals surface area contributed by atoms with Gasteiger partial charge in [0.25, 0.3) is 0 Å². The van der Waals surface area contributed by atoms with Gasteiger partial charge in [0.2, 0.25) is 5.76 Å². The SMILES string of the molecule is CCCCOc1cc(/C=C(/OC)C(=O)O)ccc1OCCc1ccc(N(C)Cc2cccc3ccccc23)cc1. The summed E-state index contributed by atoms with van der Waals surface area (Å²) in [5, 5.41) is 11.8. The summed E-state index contributed by atoms with van der Waals surface area (Å²) in [4.78, 5) is 13.6. The average molecular weight is 540 g/mol. The minimum Gasteiger partial charge on any atom is -0.490 e. The summed E-state index contributed by atoms with van der Waals surface area (Å²) in [6, 6.07) is 28.9. The highest BCUT2D eigenvalue weighted by molar-refractivity contribution is 5.90. The number of carboxylic acid groups (broad SMARTS) is 1. The second-order valence-corrected chi connectivity index (χ2v) is 9.69. The number of hydrogen-bond donors (Lipinski definition) is 1. The van der Waals surface area contributed by atoms with E-state index in [2.05, 4.69) is 85.6 Å². The second kappa shape index (κ2) is 14.1. The number of ether oxygens (including phenoxy) is 3. The van der Waals surface area contributed by atoms with Crippen LogP contribution in [-0.4, -0.2) is 38.4 Å². The Morgan fingerprint density at radius 3 is 2.40 bits per heavy atom. The molecule has 0 radical (unpaired) electrons. The summed E-state index contributed by atoms with van der Waals surface area (Å²) in [6.45, 7) is 3.98. The molecule has 208 valence electrons. The fraction of sp³-hybridized carbons (Fsp3) is 0.265. The molecule has 0 aliphatic rings. The predicted octanol–water partition coefficient (Wildman–Crippen LogP) is 7.35. The van der Waals surface area contributed by atoms with Gasteiger partial charge in [0.05, 0.1) is 20.3 Å². The van der Waals surface area contributed by atoms with Crippen molar-refractivity contribution in [1.29, 1.82) is 0 Å². The Kier molecular flexibility index (Phi) is 10.1. The van der Waals surface area contributed by atoms with E-state index in [0.29, 0.717) is 30.3 Å². The highest BCUT2D eigenvalue weighted by atomic mass is 16.5. The molecule has 40 heavy (non-hydrogen) atoms. The monoisotopic (exact) mass is 539 g/mol. The van der Waals surface area contributed by atoms with Crippen LogP contribution in [-0.2, 0) is 22.5 Å². The summed E-state index contributed by atoms with van der Waals surface area (Å²) < 4.78 is 17.0. The van der Waals surface area contributed by atoms with Crippen LogP contribution >= 0.6 is 0 Å². The van der Waals surface area contributed by atoms with Gasteiger partial charge in [-0.1, -0.05) is 74.0 Å². The van der Waals surface area contributed by atoms with Crippen molar-refractivity contribution in [2.24, 2.45) is 0 Å². The number of benzene rings is 4. The van der Waals surface area contributed by atoms with Crippen molar-refractivity contribution in [2.45, 2.75) is 32.7 Å². The molecule has 0 spiro atoms. The zero-order valence-corrected chi connectivity index (χ0v) is 23.4. The smallest absolute Gasteiger partial charge is 0.371 e. The number of rotatable bonds is 14. The molecule has 0 heterocycles. The summed E-state index contributed by atoms with van der Waals surface area (Å²) in [6.07, 6.45) is 4.14. The van der Waals surface area contributed by atoms with E-state index in [1.54, 1.807) is 12.1 Å². The van der Waals surface area contributed by atoms with E-state index in [0.717, 1.165) is 31.5 Å². The van der Waals surface area contributed by atoms with Gasteiger partial charge in [-0.05, 0) is 64.2 Å². The largest absolute Gasteiger partial charge is 0.490 e. The van der Waals surface area contributed by atoms with Crippen LogP contribution in [0.4, 0.5) is 5.69 Å². The second-order valence-electron chi connectivity index (χ2n) is 9.69. The lowest BCUT2D eigenvalue weighted by molar-refractivity contribution is -0.135. The molecule has 0 bridgehead atoms. The van der Waals surface area contributed by atoms with Gasteiger partial charge in [0.1, 0.15) is 0 Å². The molecular weight excluding hydrogens is 502 g/mol. The van der Waals surface area contributed by atoms with Crippen molar-refractivity contribution in [3.05, 3.63) is 107 Å². The molecule has 4 aromatic carbocycles. The number of carbonyl (C=O) groups is 1. The number of methoxy groups -OCH3 is 1. The summed E-state index contributed by atoms with van der Waals surface area (Å²) >= 11 is 0. The van der Waals surface area contributed by atoms with Crippen LogP contribution in [0.2, 0.25) is 0 Å². The zero-order chi connectivity index (χ0) is 28.3. The number of nitrogens with zero attached hydrogens (tertiary/aromatic N) is 1. The fourth-order valence-electron chi connectivity index (χ4n) is 4.51. The van der Waals surface area contributed by atoms with Crippen molar-refractivity contribution < 1.29 is 24.1 Å². The van der Waals surface area contributed by atoms with Gasteiger partial charge in [0.15, 0.2) is 11.5 Å². The zero-order valence-electron chi connectivity index (χ0n) is 23.4. The molecule has 0 aliphatic heterocycles. The molecule has 4 aromatic rings. The molecule has 0 saturated heterocycles. The van der Waals surface area contributed by atoms with Gasteiger partial charge in [-0.25, -0.2) is 4.79 Å². The van der Waals surface area contributed by atoms with Crippen LogP contribution < -0.4 is 14.4 Å². The molecular formula is C34H37NO5. The van der Waals surface area contributed by atoms with Crippen molar-refractivity contribution >= 4 is 28.5 Å². The predicted molar refractivity (Wildman–Crippen MR) is 161 cm³/mol. The van der Waals surface area contributed by atoms with Crippen LogP contribution in [0, 0.1) is 0 Å². The standard InChI is InChI=1S/C34H37NO5/c1-4-5-20-39-32-22-26(23-33(38-3)34(36)37)15-18-31(32)40-21-19-25-13-16-29(17-14-25)35(2)24-28-11-8-10-27-9-6-7-12-30(27)28/h6-18,22-23H,4-5,19-21,24H2,1-3H3,(H,36,37)/b33-23+. The van der Waals surface area contributed by atoms with E-state index in [1.165, 1.54) is 35.1 Å². The number of fused-ring (bicyclic) bond motifs is 1. The van der Waals surface area contributed by atoms with Gasteiger partial charge >= 0.3 is 5.97 Å². The van der Waals surface area contributed by atoms with Crippen LogP contribution in [0.25, 0.3) is 16.8 Å². The molecule has 0 unspecified atom stereocenters. The molecule has 0 saturated carbocycles. The topological polar surface area (TPSA) is 68.2 Å². The summed E-state index contributed by atoms with van der Waals surface area (Å²) in [5.74, 6) is -0.0381. The first-order valence-corrected chi connectivity index (χ1v) is 13.6. The summed E-state index contributed by atoms with van der Waals surface area (Å²) in [5.41, 5.74) is 4.31. The highest BCUT2D eigenvalue weighted by Crippen LogP contribution is 2.30. The van der Waals surface area contributed by atoms with Crippen LogP contribution in [0.15, 0.2) is 90.7 Å². The van der Waals surface area contributed by atoms with E-state index in [1.807, 2.05) is 6.07 Å². The van der Waals surface area contributed by atoms with Crippen molar-refractivity contribution in [3.8, 4) is 11.5 Å². The first-order chi connectivity index (χ1) is 19.5. The molecule has 0 amide bonds. The Balaban J connectivity index is 1.38. The van der Waals surface area contributed by atoms with E-state index in [9.17, 15) is 9.90 Å². The number of unbranched alkanes of at least 4 members (excludes halogenated alkanes) is 1. The minimum atomic E-state index is -1.12. The van der Waals surface area contributed by atoms with Crippen LogP contribution in [0.5, 0.6) is 11.5 Å².